The van der Waals surface area contributed by atoms with Gasteiger partial charge in [0, 0.05) is 41.9 Å². The van der Waals surface area contributed by atoms with Gasteiger partial charge in [-0.05, 0) is 55.7 Å². The number of carbonyl (C=O) groups excluding carboxylic acids is 2. The van der Waals surface area contributed by atoms with Gasteiger partial charge in [-0.2, -0.15) is 0 Å². The number of benzene rings is 3. The maximum absolute atomic E-state index is 13.6. The topological polar surface area (TPSA) is 68.4 Å². The minimum absolute atomic E-state index is 0.0838. The van der Waals surface area contributed by atoms with E-state index in [1.807, 2.05) is 68.6 Å². The predicted molar refractivity (Wildman–Crippen MR) is 141 cm³/mol. The molecule has 3 amide bonds. The number of aromatic nitrogens is 1. The first kappa shape index (κ1) is 25.0. The van der Waals surface area contributed by atoms with Gasteiger partial charge in [-0.1, -0.05) is 54.6 Å². The molecule has 0 atom stereocenters. The molecule has 0 saturated carbocycles. The quantitative estimate of drug-likeness (QED) is 0.313. The first-order chi connectivity index (χ1) is 17.4. The largest absolute Gasteiger partial charge is 0.361 e. The van der Waals surface area contributed by atoms with E-state index in [4.69, 9.17) is 0 Å². The Morgan fingerprint density at radius 1 is 0.972 bits per heavy atom. The fraction of sp³-hybridized carbons (Fsp3) is 0.241. The van der Waals surface area contributed by atoms with Crippen LogP contribution in [0.4, 0.5) is 14.9 Å². The van der Waals surface area contributed by atoms with Gasteiger partial charge in [-0.25, -0.2) is 9.18 Å². The Labute approximate surface area is 210 Å². The molecule has 4 aromatic rings. The summed E-state index contributed by atoms with van der Waals surface area (Å²) < 4.78 is 13.6. The summed E-state index contributed by atoms with van der Waals surface area (Å²) in [5, 5.41) is 3.85. The average Bonchev–Trinajstić information content (AvgIpc) is 3.28. The van der Waals surface area contributed by atoms with Crippen LogP contribution in [0.5, 0.6) is 0 Å². The lowest BCUT2D eigenvalue weighted by Gasteiger charge is -2.30. The fourth-order valence-electron chi connectivity index (χ4n) is 4.19. The van der Waals surface area contributed by atoms with Gasteiger partial charge in [0.15, 0.2) is 0 Å². The minimum Gasteiger partial charge on any atom is -0.361 e. The van der Waals surface area contributed by atoms with Gasteiger partial charge >= 0.3 is 6.03 Å². The molecule has 0 aliphatic rings. The Morgan fingerprint density at radius 2 is 1.72 bits per heavy atom. The highest BCUT2D eigenvalue weighted by atomic mass is 19.1. The van der Waals surface area contributed by atoms with Gasteiger partial charge in [-0.15, -0.1) is 0 Å². The third-order valence-corrected chi connectivity index (χ3v) is 6.16. The van der Waals surface area contributed by atoms with E-state index < -0.39 is 11.8 Å². The normalized spacial score (nSPS) is 11.0. The zero-order valence-electron chi connectivity index (χ0n) is 20.6. The van der Waals surface area contributed by atoms with Gasteiger partial charge in [0.05, 0.1) is 0 Å². The van der Waals surface area contributed by atoms with Crippen LogP contribution in [0.3, 0.4) is 0 Å². The van der Waals surface area contributed by atoms with Gasteiger partial charge < -0.3 is 20.1 Å². The highest BCUT2D eigenvalue weighted by molar-refractivity contribution is 5.92. The standard InChI is InChI=1S/C29H31FN4O2/c1-21(2)34(29(36)32-25-12-8-11-24(30)17-25)20-28(35)33(19-22-9-4-3-5-10-22)16-15-23-18-31-27-14-7-6-13-26(23)27/h3-14,17-18,21,31H,15-16,19-20H2,1-2H3,(H,32,36). The smallest absolute Gasteiger partial charge is 0.322 e. The Balaban J connectivity index is 1.49. The van der Waals surface area contributed by atoms with Crippen molar-refractivity contribution in [3.63, 3.8) is 0 Å². The summed E-state index contributed by atoms with van der Waals surface area (Å²) in [5.74, 6) is -0.590. The highest BCUT2D eigenvalue weighted by Crippen LogP contribution is 2.19. The van der Waals surface area contributed by atoms with Crippen molar-refractivity contribution in [3.8, 4) is 0 Å². The van der Waals surface area contributed by atoms with Crippen LogP contribution in [-0.2, 0) is 17.8 Å². The van der Waals surface area contributed by atoms with Crippen molar-refractivity contribution >= 4 is 28.5 Å². The summed E-state index contributed by atoms with van der Waals surface area (Å²) in [6.45, 7) is 4.57. The van der Waals surface area contributed by atoms with E-state index in [9.17, 15) is 14.0 Å². The number of H-pyrrole nitrogens is 1. The molecule has 4 rings (SSSR count). The first-order valence-electron chi connectivity index (χ1n) is 12.1. The SMILES string of the molecule is CC(C)N(CC(=O)N(CCc1c[nH]c2ccccc12)Cc1ccccc1)C(=O)Nc1cccc(F)c1. The summed E-state index contributed by atoms with van der Waals surface area (Å²) in [6.07, 6.45) is 2.67. The zero-order chi connectivity index (χ0) is 25.5. The van der Waals surface area contributed by atoms with Gasteiger partial charge in [0.2, 0.25) is 5.91 Å². The average molecular weight is 487 g/mol. The number of halogens is 1. The number of hydrogen-bond acceptors (Lipinski definition) is 2. The number of hydrogen-bond donors (Lipinski definition) is 2. The van der Waals surface area contributed by atoms with Crippen molar-refractivity contribution in [2.24, 2.45) is 0 Å². The number of anilines is 1. The number of carbonyl (C=O) groups is 2. The molecule has 186 valence electrons. The van der Waals surface area contributed by atoms with Crippen molar-refractivity contribution in [2.75, 3.05) is 18.4 Å². The molecule has 0 aliphatic carbocycles. The molecule has 0 aliphatic heterocycles. The third kappa shape index (κ3) is 6.30. The van der Waals surface area contributed by atoms with Crippen LogP contribution in [0.2, 0.25) is 0 Å². The van der Waals surface area contributed by atoms with Crippen LogP contribution < -0.4 is 5.32 Å². The number of amides is 3. The molecule has 3 aromatic carbocycles. The van der Waals surface area contributed by atoms with E-state index in [2.05, 4.69) is 16.4 Å². The molecule has 2 N–H and O–H groups in total. The second-order valence-corrected chi connectivity index (χ2v) is 9.07. The molecule has 1 heterocycles. The summed E-state index contributed by atoms with van der Waals surface area (Å²) in [6, 6.07) is 23.0. The number of fused-ring (bicyclic) bond motifs is 1. The second-order valence-electron chi connectivity index (χ2n) is 9.07. The monoisotopic (exact) mass is 486 g/mol. The number of urea groups is 1. The van der Waals surface area contributed by atoms with Crippen molar-refractivity contribution in [3.05, 3.63) is 102 Å². The Bertz CT molecular complexity index is 1320. The van der Waals surface area contributed by atoms with Crippen LogP contribution >= 0.6 is 0 Å². The maximum atomic E-state index is 13.6. The Morgan fingerprint density at radius 3 is 2.47 bits per heavy atom. The number of rotatable bonds is 9. The van der Waals surface area contributed by atoms with Crippen molar-refractivity contribution < 1.29 is 14.0 Å². The second kappa shape index (κ2) is 11.5. The first-order valence-corrected chi connectivity index (χ1v) is 12.1. The van der Waals surface area contributed by atoms with E-state index >= 15 is 0 Å². The summed E-state index contributed by atoms with van der Waals surface area (Å²) in [5.41, 5.74) is 3.57. The maximum Gasteiger partial charge on any atom is 0.322 e. The van der Waals surface area contributed by atoms with Crippen LogP contribution in [0.25, 0.3) is 10.9 Å². The molecule has 7 heteroatoms. The molecular formula is C29H31FN4O2. The predicted octanol–water partition coefficient (Wildman–Crippen LogP) is 5.82. The molecule has 6 nitrogen and oxygen atoms in total. The van der Waals surface area contributed by atoms with Crippen LogP contribution in [-0.4, -0.2) is 45.9 Å². The van der Waals surface area contributed by atoms with Crippen LogP contribution in [0.1, 0.15) is 25.0 Å². The molecule has 0 unspecified atom stereocenters. The van der Waals surface area contributed by atoms with E-state index in [0.29, 0.717) is 25.2 Å². The van der Waals surface area contributed by atoms with E-state index in [1.165, 1.54) is 23.1 Å². The minimum atomic E-state index is -0.444. The molecule has 0 saturated heterocycles. The number of para-hydroxylation sites is 1. The Hall–Kier alpha value is -4.13. The van der Waals surface area contributed by atoms with Crippen LogP contribution in [0, 0.1) is 5.82 Å². The van der Waals surface area contributed by atoms with Gasteiger partial charge in [0.25, 0.3) is 0 Å². The molecule has 0 radical (unpaired) electrons. The summed E-state index contributed by atoms with van der Waals surface area (Å²) in [7, 11) is 0. The Kier molecular flexibility index (Phi) is 8.00. The van der Waals surface area contributed by atoms with Gasteiger partial charge in [0.1, 0.15) is 12.4 Å². The number of nitrogens with one attached hydrogen (secondary N) is 2. The number of nitrogens with zero attached hydrogens (tertiary/aromatic N) is 2. The van der Waals surface area contributed by atoms with E-state index in [0.717, 1.165) is 22.0 Å². The van der Waals surface area contributed by atoms with E-state index in [-0.39, 0.29) is 18.5 Å². The lowest BCUT2D eigenvalue weighted by Crippen LogP contribution is -2.47. The molecule has 0 bridgehead atoms. The molecule has 0 fully saturated rings. The van der Waals surface area contributed by atoms with Crippen LogP contribution in [0.15, 0.2) is 85.1 Å². The zero-order valence-corrected chi connectivity index (χ0v) is 20.6. The van der Waals surface area contributed by atoms with Gasteiger partial charge in [-0.3, -0.25) is 4.79 Å². The van der Waals surface area contributed by atoms with Crippen molar-refractivity contribution in [1.82, 2.24) is 14.8 Å². The summed E-state index contributed by atoms with van der Waals surface area (Å²) >= 11 is 0. The van der Waals surface area contributed by atoms with E-state index in [1.54, 1.807) is 11.0 Å². The number of aromatic amines is 1. The fourth-order valence-corrected chi connectivity index (χ4v) is 4.19. The highest BCUT2D eigenvalue weighted by Gasteiger charge is 2.24. The third-order valence-electron chi connectivity index (χ3n) is 6.16. The molecule has 1 aromatic heterocycles. The summed E-state index contributed by atoms with van der Waals surface area (Å²) in [4.78, 5) is 33.1. The molecular weight excluding hydrogens is 455 g/mol. The lowest BCUT2D eigenvalue weighted by molar-refractivity contribution is -0.132. The lowest BCUT2D eigenvalue weighted by atomic mass is 10.1. The molecule has 0 spiro atoms. The molecule has 36 heavy (non-hydrogen) atoms. The van der Waals surface area contributed by atoms with Crippen molar-refractivity contribution in [1.29, 1.82) is 0 Å². The van der Waals surface area contributed by atoms with Crippen molar-refractivity contribution in [2.45, 2.75) is 32.9 Å².